The maximum absolute atomic E-state index is 13.7. The number of para-hydroxylation sites is 1. The molecule has 0 saturated carbocycles. The molecule has 6 nitrogen and oxygen atoms in total. The molecule has 4 rings (SSSR count). The van der Waals surface area contributed by atoms with E-state index < -0.39 is 42.0 Å². The number of nitrogens with zero attached hydrogens (tertiary/aromatic N) is 2. The van der Waals surface area contributed by atoms with Crippen LogP contribution in [0.1, 0.15) is 36.1 Å². The van der Waals surface area contributed by atoms with Crippen LogP contribution in [0, 0.1) is 5.92 Å². The van der Waals surface area contributed by atoms with E-state index in [9.17, 15) is 35.9 Å². The molecule has 3 amide bonds. The number of rotatable bonds is 10. The zero-order chi connectivity index (χ0) is 32.1. The van der Waals surface area contributed by atoms with Crippen LogP contribution in [0.2, 0.25) is 0 Å². The molecule has 0 aliphatic rings. The first-order chi connectivity index (χ1) is 20.7. The van der Waals surface area contributed by atoms with Crippen molar-refractivity contribution in [1.29, 1.82) is 0 Å². The Balaban J connectivity index is 1.55. The van der Waals surface area contributed by atoms with E-state index in [1.165, 1.54) is 34.1 Å². The van der Waals surface area contributed by atoms with Crippen molar-refractivity contribution < 1.29 is 35.9 Å². The second-order valence-electron chi connectivity index (χ2n) is 10.9. The fourth-order valence-electron chi connectivity index (χ4n) is 4.80. The molecule has 2 N–H and O–H groups in total. The molecule has 0 aliphatic carbocycles. The predicted octanol–water partition coefficient (Wildman–Crippen LogP) is 7.97. The highest BCUT2D eigenvalue weighted by Gasteiger charge is 2.31. The molecule has 0 saturated heterocycles. The van der Waals surface area contributed by atoms with Gasteiger partial charge >= 0.3 is 18.4 Å². The van der Waals surface area contributed by atoms with Gasteiger partial charge in [0.25, 0.3) is 0 Å². The van der Waals surface area contributed by atoms with Crippen LogP contribution < -0.4 is 5.32 Å². The van der Waals surface area contributed by atoms with Gasteiger partial charge in [0, 0.05) is 42.4 Å². The smallest absolute Gasteiger partial charge is 0.361 e. The van der Waals surface area contributed by atoms with Crippen LogP contribution in [0.3, 0.4) is 0 Å². The fourth-order valence-corrected chi connectivity index (χ4v) is 4.80. The molecule has 1 heterocycles. The van der Waals surface area contributed by atoms with E-state index in [1.54, 1.807) is 0 Å². The number of carbonyl (C=O) groups excluding carboxylic acids is 2. The Morgan fingerprint density at radius 1 is 0.841 bits per heavy atom. The van der Waals surface area contributed by atoms with Gasteiger partial charge in [-0.05, 0) is 59.9 Å². The third kappa shape index (κ3) is 8.55. The van der Waals surface area contributed by atoms with Gasteiger partial charge in [0.1, 0.15) is 6.54 Å². The quantitative estimate of drug-likeness (QED) is 0.177. The standard InChI is InChI=1S/C32H32F6N4O2/c1-21(2)18-42(30(44)40-26-7-5-6-25(16-26)32(36,37)38)20-29(43)41(19-22-10-12-24(13-11-22)31(33,34)35)15-14-23-17-39-28-9-4-3-8-27(23)28/h3-13,16-17,21,39H,14-15,18-20H2,1-2H3,(H,40,44). The Morgan fingerprint density at radius 3 is 2.18 bits per heavy atom. The molecule has 0 fully saturated rings. The largest absolute Gasteiger partial charge is 0.416 e. The number of halogens is 6. The molecule has 0 spiro atoms. The van der Waals surface area contributed by atoms with Gasteiger partial charge in [-0.2, -0.15) is 26.3 Å². The predicted molar refractivity (Wildman–Crippen MR) is 156 cm³/mol. The average Bonchev–Trinajstić information content (AvgIpc) is 3.37. The topological polar surface area (TPSA) is 68.4 Å². The average molecular weight is 619 g/mol. The van der Waals surface area contributed by atoms with Crippen LogP contribution in [0.5, 0.6) is 0 Å². The van der Waals surface area contributed by atoms with Crippen molar-refractivity contribution in [3.8, 4) is 0 Å². The lowest BCUT2D eigenvalue weighted by atomic mass is 10.1. The molecule has 0 bridgehead atoms. The number of anilines is 1. The number of hydrogen-bond acceptors (Lipinski definition) is 2. The number of aromatic nitrogens is 1. The summed E-state index contributed by atoms with van der Waals surface area (Å²) in [5.41, 5.74) is 0.500. The van der Waals surface area contributed by atoms with Crippen molar-refractivity contribution in [1.82, 2.24) is 14.8 Å². The van der Waals surface area contributed by atoms with Crippen molar-refractivity contribution in [3.63, 3.8) is 0 Å². The SMILES string of the molecule is CC(C)CN(CC(=O)N(CCc1c[nH]c2ccccc12)Cc1ccc(C(F)(F)F)cc1)C(=O)Nc1cccc(C(F)(F)F)c1. The van der Waals surface area contributed by atoms with Gasteiger partial charge in [-0.25, -0.2) is 4.79 Å². The monoisotopic (exact) mass is 618 g/mol. The van der Waals surface area contributed by atoms with Gasteiger partial charge in [0.05, 0.1) is 11.1 Å². The van der Waals surface area contributed by atoms with Crippen LogP contribution in [0.15, 0.2) is 79.0 Å². The molecule has 234 valence electrons. The summed E-state index contributed by atoms with van der Waals surface area (Å²) in [5, 5.41) is 3.42. The van der Waals surface area contributed by atoms with Crippen molar-refractivity contribution >= 4 is 28.5 Å². The second-order valence-corrected chi connectivity index (χ2v) is 10.9. The summed E-state index contributed by atoms with van der Waals surface area (Å²) in [5.74, 6) is -0.547. The van der Waals surface area contributed by atoms with E-state index in [4.69, 9.17) is 0 Å². The molecule has 12 heteroatoms. The summed E-state index contributed by atoms with van der Waals surface area (Å²) in [6, 6.07) is 15.6. The van der Waals surface area contributed by atoms with Gasteiger partial charge in [0.2, 0.25) is 5.91 Å². The van der Waals surface area contributed by atoms with Gasteiger partial charge in [0.15, 0.2) is 0 Å². The van der Waals surface area contributed by atoms with Crippen molar-refractivity contribution in [2.45, 2.75) is 39.2 Å². The number of benzene rings is 3. The first kappa shape index (κ1) is 32.4. The summed E-state index contributed by atoms with van der Waals surface area (Å²) < 4.78 is 78.9. The number of nitrogens with one attached hydrogen (secondary N) is 2. The molecule has 0 aliphatic heterocycles. The Bertz CT molecular complexity index is 1580. The summed E-state index contributed by atoms with van der Waals surface area (Å²) in [6.07, 6.45) is -6.85. The minimum atomic E-state index is -4.60. The van der Waals surface area contributed by atoms with E-state index in [1.807, 2.05) is 44.3 Å². The molecular formula is C32H32F6N4O2. The van der Waals surface area contributed by atoms with Crippen molar-refractivity contribution in [3.05, 3.63) is 101 Å². The second kappa shape index (κ2) is 13.4. The zero-order valence-corrected chi connectivity index (χ0v) is 24.1. The Kier molecular flexibility index (Phi) is 9.91. The number of urea groups is 1. The maximum atomic E-state index is 13.7. The van der Waals surface area contributed by atoms with Crippen molar-refractivity contribution in [2.24, 2.45) is 5.92 Å². The highest BCUT2D eigenvalue weighted by atomic mass is 19.4. The molecule has 0 unspecified atom stereocenters. The number of hydrogen-bond donors (Lipinski definition) is 2. The van der Waals surface area contributed by atoms with E-state index in [0.717, 1.165) is 40.7 Å². The van der Waals surface area contributed by atoms with Crippen LogP contribution in [-0.4, -0.2) is 46.4 Å². The first-order valence-corrected chi connectivity index (χ1v) is 13.9. The number of H-pyrrole nitrogens is 1. The van der Waals surface area contributed by atoms with Gasteiger partial charge in [-0.1, -0.05) is 50.2 Å². The molecule has 3 aromatic carbocycles. The fraction of sp³-hybridized carbons (Fsp3) is 0.312. The Labute approximate surface area is 250 Å². The van der Waals surface area contributed by atoms with Crippen LogP contribution in [0.4, 0.5) is 36.8 Å². The molecule has 4 aromatic rings. The summed E-state index contributed by atoms with van der Waals surface area (Å²) in [6.45, 7) is 3.58. The third-order valence-corrected chi connectivity index (χ3v) is 6.97. The molecule has 1 aromatic heterocycles. The Morgan fingerprint density at radius 2 is 1.52 bits per heavy atom. The lowest BCUT2D eigenvalue weighted by molar-refractivity contribution is -0.138. The number of aromatic amines is 1. The normalized spacial score (nSPS) is 12.0. The zero-order valence-electron chi connectivity index (χ0n) is 24.1. The molecule has 0 atom stereocenters. The lowest BCUT2D eigenvalue weighted by Gasteiger charge is -2.29. The molecule has 44 heavy (non-hydrogen) atoms. The van der Waals surface area contributed by atoms with Crippen LogP contribution >= 0.6 is 0 Å². The number of alkyl halides is 6. The lowest BCUT2D eigenvalue weighted by Crippen LogP contribution is -2.46. The van der Waals surface area contributed by atoms with Gasteiger partial charge < -0.3 is 20.1 Å². The maximum Gasteiger partial charge on any atom is 0.416 e. The van der Waals surface area contributed by atoms with E-state index in [0.29, 0.717) is 12.0 Å². The van der Waals surface area contributed by atoms with Crippen molar-refractivity contribution in [2.75, 3.05) is 25.0 Å². The van der Waals surface area contributed by atoms with Gasteiger partial charge in [-0.3, -0.25) is 4.79 Å². The number of amides is 3. The van der Waals surface area contributed by atoms with E-state index in [-0.39, 0.29) is 31.2 Å². The highest BCUT2D eigenvalue weighted by molar-refractivity contribution is 5.92. The third-order valence-electron chi connectivity index (χ3n) is 6.97. The highest BCUT2D eigenvalue weighted by Crippen LogP contribution is 2.31. The van der Waals surface area contributed by atoms with Gasteiger partial charge in [-0.15, -0.1) is 0 Å². The minimum Gasteiger partial charge on any atom is -0.361 e. The molecule has 0 radical (unpaired) electrons. The summed E-state index contributed by atoms with van der Waals surface area (Å²) >= 11 is 0. The molecular weight excluding hydrogens is 586 g/mol. The Hall–Kier alpha value is -4.48. The van der Waals surface area contributed by atoms with E-state index >= 15 is 0 Å². The first-order valence-electron chi connectivity index (χ1n) is 13.9. The van der Waals surface area contributed by atoms with Crippen LogP contribution in [0.25, 0.3) is 10.9 Å². The summed E-state index contributed by atoms with van der Waals surface area (Å²) in [4.78, 5) is 32.8. The number of fused-ring (bicyclic) bond motifs is 1. The number of carbonyl (C=O) groups is 2. The van der Waals surface area contributed by atoms with Crippen LogP contribution in [-0.2, 0) is 30.1 Å². The van der Waals surface area contributed by atoms with E-state index in [2.05, 4.69) is 10.3 Å². The minimum absolute atomic E-state index is 0.00983. The summed E-state index contributed by atoms with van der Waals surface area (Å²) in [7, 11) is 0.